The highest BCUT2D eigenvalue weighted by atomic mass is 16.5. The Morgan fingerprint density at radius 3 is 2.59 bits per heavy atom. The van der Waals surface area contributed by atoms with Crippen LogP contribution in [0.15, 0.2) is 66.7 Å². The van der Waals surface area contributed by atoms with Gasteiger partial charge in [0.15, 0.2) is 11.5 Å². The standard InChI is InChI=1S/C31H32N4O4/c1-33-24-10-6-5-9-23(24)31(37)34-17-15-22-21-8-4-7-11-25(21)35(29(22)30(33)34)19-28(36)32-16-14-20-12-13-26(38-2)27(18-20)39-3/h4-13,18,30H,14-17,19H2,1-3H3,(H,32,36)/t30-/m0/s1. The van der Waals surface area contributed by atoms with E-state index in [1.165, 1.54) is 5.56 Å². The molecule has 0 fully saturated rings. The Morgan fingerprint density at radius 1 is 1.00 bits per heavy atom. The van der Waals surface area contributed by atoms with Gasteiger partial charge in [0.1, 0.15) is 12.7 Å². The van der Waals surface area contributed by atoms with E-state index >= 15 is 0 Å². The first-order chi connectivity index (χ1) is 19.0. The van der Waals surface area contributed by atoms with Gasteiger partial charge >= 0.3 is 0 Å². The number of carbonyl (C=O) groups is 2. The van der Waals surface area contributed by atoms with Crippen molar-refractivity contribution in [1.29, 1.82) is 0 Å². The molecule has 8 heteroatoms. The molecule has 0 saturated carbocycles. The molecule has 1 atom stereocenters. The number of hydrogen-bond donors (Lipinski definition) is 1. The van der Waals surface area contributed by atoms with E-state index in [9.17, 15) is 9.59 Å². The molecule has 1 N–H and O–H groups in total. The second-order valence-electron chi connectivity index (χ2n) is 10.0. The molecule has 1 aromatic heterocycles. The van der Waals surface area contributed by atoms with E-state index in [0.717, 1.165) is 39.8 Å². The zero-order valence-electron chi connectivity index (χ0n) is 22.4. The van der Waals surface area contributed by atoms with Gasteiger partial charge < -0.3 is 29.2 Å². The average Bonchev–Trinajstić information content (AvgIpc) is 3.28. The largest absolute Gasteiger partial charge is 0.493 e. The third-order valence-electron chi connectivity index (χ3n) is 7.89. The molecule has 0 bridgehead atoms. The van der Waals surface area contributed by atoms with Crippen LogP contribution in [0.4, 0.5) is 5.69 Å². The first-order valence-electron chi connectivity index (χ1n) is 13.2. The highest BCUT2D eigenvalue weighted by molar-refractivity contribution is 6.02. The second-order valence-corrected chi connectivity index (χ2v) is 10.0. The van der Waals surface area contributed by atoms with Gasteiger partial charge in [-0.25, -0.2) is 0 Å². The van der Waals surface area contributed by atoms with Crippen LogP contribution in [0.25, 0.3) is 10.9 Å². The molecule has 0 spiro atoms. The smallest absolute Gasteiger partial charge is 0.257 e. The normalized spacial score (nSPS) is 16.0. The molecule has 2 amide bonds. The maximum Gasteiger partial charge on any atom is 0.257 e. The van der Waals surface area contributed by atoms with Crippen LogP contribution in [0.3, 0.4) is 0 Å². The number of para-hydroxylation sites is 2. The number of rotatable bonds is 7. The van der Waals surface area contributed by atoms with E-state index < -0.39 is 0 Å². The molecule has 2 aliphatic heterocycles. The Morgan fingerprint density at radius 2 is 1.77 bits per heavy atom. The maximum absolute atomic E-state index is 13.5. The van der Waals surface area contributed by atoms with Crippen LogP contribution in [0.1, 0.15) is 33.3 Å². The van der Waals surface area contributed by atoms with Crippen LogP contribution in [0, 0.1) is 0 Å². The van der Waals surface area contributed by atoms with Crippen LogP contribution in [0.2, 0.25) is 0 Å². The molecule has 4 aromatic rings. The Kier molecular flexibility index (Phi) is 6.38. The van der Waals surface area contributed by atoms with Crippen LogP contribution < -0.4 is 19.7 Å². The van der Waals surface area contributed by atoms with Crippen molar-refractivity contribution < 1.29 is 19.1 Å². The Labute approximate surface area is 227 Å². The zero-order valence-corrected chi connectivity index (χ0v) is 22.4. The number of nitrogens with zero attached hydrogens (tertiary/aromatic N) is 3. The second kappa shape index (κ2) is 10.0. The molecule has 0 unspecified atom stereocenters. The molecule has 3 heterocycles. The van der Waals surface area contributed by atoms with E-state index in [1.54, 1.807) is 14.2 Å². The van der Waals surface area contributed by atoms with Crippen LogP contribution in [-0.4, -0.2) is 55.6 Å². The number of nitrogens with one attached hydrogen (secondary N) is 1. The number of anilines is 1. The quantitative estimate of drug-likeness (QED) is 0.393. The number of amides is 2. The molecule has 8 nitrogen and oxygen atoms in total. The minimum atomic E-state index is -0.275. The topological polar surface area (TPSA) is 76.0 Å². The van der Waals surface area contributed by atoms with E-state index in [2.05, 4.69) is 26.9 Å². The maximum atomic E-state index is 13.5. The first-order valence-corrected chi connectivity index (χ1v) is 13.2. The van der Waals surface area contributed by atoms with Gasteiger partial charge in [0, 0.05) is 31.0 Å². The summed E-state index contributed by atoms with van der Waals surface area (Å²) in [5, 5.41) is 4.23. The fraction of sp³-hybridized carbons (Fsp3) is 0.290. The van der Waals surface area contributed by atoms with Gasteiger partial charge in [-0.3, -0.25) is 9.59 Å². The lowest BCUT2D eigenvalue weighted by Gasteiger charge is -2.46. The number of methoxy groups -OCH3 is 2. The van der Waals surface area contributed by atoms with E-state index in [1.807, 2.05) is 66.5 Å². The fourth-order valence-corrected chi connectivity index (χ4v) is 6.06. The Hall–Kier alpha value is -4.46. The van der Waals surface area contributed by atoms with Gasteiger partial charge in [-0.05, 0) is 54.3 Å². The molecule has 0 saturated heterocycles. The summed E-state index contributed by atoms with van der Waals surface area (Å²) in [6.07, 6.45) is 1.14. The molecule has 200 valence electrons. The van der Waals surface area contributed by atoms with Gasteiger partial charge in [0.25, 0.3) is 5.91 Å². The van der Waals surface area contributed by atoms with Crippen LogP contribution in [-0.2, 0) is 24.2 Å². The van der Waals surface area contributed by atoms with Crippen molar-refractivity contribution in [3.8, 4) is 11.5 Å². The average molecular weight is 525 g/mol. The number of benzene rings is 3. The summed E-state index contributed by atoms with van der Waals surface area (Å²) in [5.74, 6) is 1.32. The Bertz CT molecular complexity index is 1580. The molecule has 6 rings (SSSR count). The molecule has 2 aliphatic rings. The minimum Gasteiger partial charge on any atom is -0.493 e. The van der Waals surface area contributed by atoms with Crippen LogP contribution in [0.5, 0.6) is 11.5 Å². The Balaban J connectivity index is 1.28. The van der Waals surface area contributed by atoms with Gasteiger partial charge in [-0.2, -0.15) is 0 Å². The molecular weight excluding hydrogens is 492 g/mol. The molecule has 0 radical (unpaired) electrons. The molecule has 39 heavy (non-hydrogen) atoms. The number of hydrogen-bond acceptors (Lipinski definition) is 5. The summed E-state index contributed by atoms with van der Waals surface area (Å²) < 4.78 is 12.8. The van der Waals surface area contributed by atoms with Crippen molar-refractivity contribution in [3.63, 3.8) is 0 Å². The number of carbonyl (C=O) groups excluding carboxylic acids is 2. The summed E-state index contributed by atoms with van der Waals surface area (Å²) in [7, 11) is 5.26. The van der Waals surface area contributed by atoms with Crippen LogP contribution >= 0.6 is 0 Å². The summed E-state index contributed by atoms with van der Waals surface area (Å²) in [4.78, 5) is 30.9. The van der Waals surface area contributed by atoms with Gasteiger partial charge in [0.2, 0.25) is 5.91 Å². The third-order valence-corrected chi connectivity index (χ3v) is 7.89. The summed E-state index contributed by atoms with van der Waals surface area (Å²) in [6.45, 7) is 1.31. The summed E-state index contributed by atoms with van der Waals surface area (Å²) in [5.41, 5.74) is 5.92. The first kappa shape index (κ1) is 24.9. The van der Waals surface area contributed by atoms with E-state index in [0.29, 0.717) is 31.0 Å². The molecule has 3 aromatic carbocycles. The monoisotopic (exact) mass is 524 g/mol. The zero-order chi connectivity index (χ0) is 27.1. The van der Waals surface area contributed by atoms with Crippen molar-refractivity contribution in [2.45, 2.75) is 25.6 Å². The summed E-state index contributed by atoms with van der Waals surface area (Å²) >= 11 is 0. The predicted molar refractivity (Wildman–Crippen MR) is 151 cm³/mol. The van der Waals surface area contributed by atoms with Gasteiger partial charge in [0.05, 0.1) is 31.2 Å². The predicted octanol–water partition coefficient (Wildman–Crippen LogP) is 4.16. The van der Waals surface area contributed by atoms with Crippen molar-refractivity contribution >= 4 is 28.4 Å². The molecular formula is C31H32N4O4. The van der Waals surface area contributed by atoms with E-state index in [4.69, 9.17) is 9.47 Å². The highest BCUT2D eigenvalue weighted by Gasteiger charge is 2.42. The lowest BCUT2D eigenvalue weighted by Crippen LogP contribution is -2.51. The summed E-state index contributed by atoms with van der Waals surface area (Å²) in [6, 6.07) is 21.8. The number of fused-ring (bicyclic) bond motifs is 6. The number of ether oxygens (including phenoxy) is 2. The highest BCUT2D eigenvalue weighted by Crippen LogP contribution is 2.44. The van der Waals surface area contributed by atoms with Gasteiger partial charge in [-0.1, -0.05) is 36.4 Å². The third kappa shape index (κ3) is 4.16. The van der Waals surface area contributed by atoms with Gasteiger partial charge in [-0.15, -0.1) is 0 Å². The van der Waals surface area contributed by atoms with Crippen molar-refractivity contribution in [1.82, 2.24) is 14.8 Å². The van der Waals surface area contributed by atoms with Crippen molar-refractivity contribution in [2.75, 3.05) is 39.3 Å². The van der Waals surface area contributed by atoms with E-state index in [-0.39, 0.29) is 24.5 Å². The lowest BCUT2D eigenvalue weighted by molar-refractivity contribution is -0.121. The SMILES string of the molecule is COc1ccc(CCNC(=O)Cn2c3c(c4ccccc42)CCN2C(=O)c4ccccc4N(C)[C@H]32)cc1OC. The minimum absolute atomic E-state index is 0.0375. The van der Waals surface area contributed by atoms with Crippen molar-refractivity contribution in [3.05, 3.63) is 89.1 Å². The lowest BCUT2D eigenvalue weighted by atomic mass is 9.96. The molecule has 0 aliphatic carbocycles. The fourth-order valence-electron chi connectivity index (χ4n) is 6.06. The van der Waals surface area contributed by atoms with Crippen molar-refractivity contribution in [2.24, 2.45) is 0 Å². The number of aromatic nitrogens is 1.